The third-order valence-electron chi connectivity index (χ3n) is 3.19. The molecule has 1 aromatic carbocycles. The Labute approximate surface area is 144 Å². The number of amides is 1. The number of ether oxygens (including phenoxy) is 1. The van der Waals surface area contributed by atoms with Crippen molar-refractivity contribution in [2.45, 2.75) is 51.4 Å². The Bertz CT molecular complexity index is 609. The normalized spacial score (nSPS) is 13.4. The van der Waals surface area contributed by atoms with Crippen molar-refractivity contribution in [1.29, 1.82) is 0 Å². The SMILES string of the molecule is CC(C)(C)OCCC(NC(=O)Cc1cccc(C(F)(F)F)c1)C(=O)O. The number of nitrogens with one attached hydrogen (secondary N) is 1. The molecule has 0 saturated carbocycles. The molecule has 0 radical (unpaired) electrons. The van der Waals surface area contributed by atoms with Crippen molar-refractivity contribution in [1.82, 2.24) is 5.32 Å². The standard InChI is InChI=1S/C17H22F3NO4/c1-16(2,3)25-8-7-13(15(23)24)21-14(22)10-11-5-4-6-12(9-11)17(18,19)20/h4-6,9,13H,7-8,10H2,1-3H3,(H,21,22)(H,23,24). The highest BCUT2D eigenvalue weighted by molar-refractivity contribution is 5.84. The maximum Gasteiger partial charge on any atom is 0.416 e. The fourth-order valence-electron chi connectivity index (χ4n) is 2.03. The van der Waals surface area contributed by atoms with Gasteiger partial charge in [0.1, 0.15) is 6.04 Å². The van der Waals surface area contributed by atoms with E-state index in [1.165, 1.54) is 12.1 Å². The van der Waals surface area contributed by atoms with Gasteiger partial charge < -0.3 is 15.2 Å². The van der Waals surface area contributed by atoms with Gasteiger partial charge >= 0.3 is 12.1 Å². The van der Waals surface area contributed by atoms with Crippen LogP contribution in [0.2, 0.25) is 0 Å². The van der Waals surface area contributed by atoms with Gasteiger partial charge in [-0.25, -0.2) is 4.79 Å². The molecule has 1 amide bonds. The highest BCUT2D eigenvalue weighted by Gasteiger charge is 2.30. The van der Waals surface area contributed by atoms with E-state index in [0.717, 1.165) is 12.1 Å². The summed E-state index contributed by atoms with van der Waals surface area (Å²) < 4.78 is 43.4. The van der Waals surface area contributed by atoms with Gasteiger partial charge in [0.25, 0.3) is 0 Å². The molecular weight excluding hydrogens is 339 g/mol. The van der Waals surface area contributed by atoms with Gasteiger partial charge in [-0.2, -0.15) is 13.2 Å². The minimum Gasteiger partial charge on any atom is -0.480 e. The molecule has 1 unspecified atom stereocenters. The third-order valence-corrected chi connectivity index (χ3v) is 3.19. The minimum absolute atomic E-state index is 0.0565. The molecular formula is C17H22F3NO4. The van der Waals surface area contributed by atoms with E-state index in [0.29, 0.717) is 0 Å². The second kappa shape index (κ2) is 8.33. The van der Waals surface area contributed by atoms with Gasteiger partial charge in [-0.1, -0.05) is 18.2 Å². The number of hydrogen-bond donors (Lipinski definition) is 2. The van der Waals surface area contributed by atoms with Crippen molar-refractivity contribution in [3.05, 3.63) is 35.4 Å². The summed E-state index contributed by atoms with van der Waals surface area (Å²) in [6.45, 7) is 5.57. The summed E-state index contributed by atoms with van der Waals surface area (Å²) in [4.78, 5) is 23.2. The summed E-state index contributed by atoms with van der Waals surface area (Å²) in [6.07, 6.45) is -4.78. The quantitative estimate of drug-likeness (QED) is 0.783. The summed E-state index contributed by atoms with van der Waals surface area (Å²) in [5, 5.41) is 11.5. The third kappa shape index (κ3) is 8.02. The summed E-state index contributed by atoms with van der Waals surface area (Å²) in [6, 6.07) is 3.20. The molecule has 0 saturated heterocycles. The number of benzene rings is 1. The van der Waals surface area contributed by atoms with Gasteiger partial charge in [0.05, 0.1) is 17.6 Å². The monoisotopic (exact) mass is 361 g/mol. The Kier molecular flexibility index (Phi) is 6.98. The van der Waals surface area contributed by atoms with Crippen LogP contribution in [0.15, 0.2) is 24.3 Å². The van der Waals surface area contributed by atoms with E-state index in [1.807, 2.05) is 20.8 Å². The smallest absolute Gasteiger partial charge is 0.416 e. The molecule has 140 valence electrons. The molecule has 0 bridgehead atoms. The summed E-state index contributed by atoms with van der Waals surface area (Å²) in [7, 11) is 0. The van der Waals surface area contributed by atoms with Crippen LogP contribution in [0.1, 0.15) is 38.3 Å². The molecule has 25 heavy (non-hydrogen) atoms. The van der Waals surface area contributed by atoms with E-state index in [9.17, 15) is 22.8 Å². The van der Waals surface area contributed by atoms with E-state index < -0.39 is 35.3 Å². The van der Waals surface area contributed by atoms with Gasteiger partial charge in [-0.3, -0.25) is 4.79 Å². The van der Waals surface area contributed by atoms with E-state index in [-0.39, 0.29) is 25.0 Å². The highest BCUT2D eigenvalue weighted by atomic mass is 19.4. The maximum atomic E-state index is 12.7. The largest absolute Gasteiger partial charge is 0.480 e. The molecule has 0 aliphatic carbocycles. The Balaban J connectivity index is 2.65. The first-order chi connectivity index (χ1) is 11.4. The van der Waals surface area contributed by atoms with Crippen LogP contribution in [0.4, 0.5) is 13.2 Å². The number of hydrogen-bond acceptors (Lipinski definition) is 3. The predicted octanol–water partition coefficient (Wildman–Crippen LogP) is 3.02. The summed E-state index contributed by atoms with van der Waals surface area (Å²) >= 11 is 0. The maximum absolute atomic E-state index is 12.7. The molecule has 1 aromatic rings. The highest BCUT2D eigenvalue weighted by Crippen LogP contribution is 2.29. The van der Waals surface area contributed by atoms with Crippen molar-refractivity contribution in [3.63, 3.8) is 0 Å². The predicted molar refractivity (Wildman–Crippen MR) is 85.0 cm³/mol. The number of carbonyl (C=O) groups is 2. The van der Waals surface area contributed by atoms with Crippen molar-refractivity contribution >= 4 is 11.9 Å². The van der Waals surface area contributed by atoms with E-state index in [4.69, 9.17) is 9.84 Å². The van der Waals surface area contributed by atoms with Crippen LogP contribution in [0, 0.1) is 0 Å². The topological polar surface area (TPSA) is 75.6 Å². The van der Waals surface area contributed by atoms with E-state index in [1.54, 1.807) is 0 Å². The van der Waals surface area contributed by atoms with E-state index in [2.05, 4.69) is 5.32 Å². The van der Waals surface area contributed by atoms with Gasteiger partial charge in [-0.05, 0) is 32.4 Å². The first-order valence-electron chi connectivity index (χ1n) is 7.71. The molecule has 0 aromatic heterocycles. The first-order valence-corrected chi connectivity index (χ1v) is 7.71. The molecule has 0 heterocycles. The van der Waals surface area contributed by atoms with Crippen LogP contribution in [-0.4, -0.2) is 35.2 Å². The fraction of sp³-hybridized carbons (Fsp3) is 0.529. The zero-order valence-electron chi connectivity index (χ0n) is 14.3. The van der Waals surface area contributed by atoms with Crippen molar-refractivity contribution in [3.8, 4) is 0 Å². The average molecular weight is 361 g/mol. The number of aliphatic carboxylic acids is 1. The Morgan fingerprint density at radius 1 is 1.24 bits per heavy atom. The van der Waals surface area contributed by atoms with Crippen LogP contribution < -0.4 is 5.32 Å². The second-order valence-corrected chi connectivity index (χ2v) is 6.58. The van der Waals surface area contributed by atoms with Crippen LogP contribution in [-0.2, 0) is 26.9 Å². The molecule has 0 aliphatic rings. The molecule has 1 rings (SSSR count). The Hall–Kier alpha value is -2.09. The Morgan fingerprint density at radius 3 is 2.40 bits per heavy atom. The number of carboxylic acid groups (broad SMARTS) is 1. The summed E-state index contributed by atoms with van der Waals surface area (Å²) in [5.41, 5.74) is -1.14. The van der Waals surface area contributed by atoms with E-state index >= 15 is 0 Å². The molecule has 0 fully saturated rings. The van der Waals surface area contributed by atoms with Gasteiger partial charge in [0.2, 0.25) is 5.91 Å². The molecule has 0 spiro atoms. The van der Waals surface area contributed by atoms with Crippen molar-refractivity contribution < 1.29 is 32.6 Å². The van der Waals surface area contributed by atoms with Crippen LogP contribution in [0.5, 0.6) is 0 Å². The molecule has 8 heteroatoms. The van der Waals surface area contributed by atoms with Gasteiger partial charge in [0, 0.05) is 13.0 Å². The fourth-order valence-corrected chi connectivity index (χ4v) is 2.03. The number of carboxylic acids is 1. The van der Waals surface area contributed by atoms with Gasteiger partial charge in [-0.15, -0.1) is 0 Å². The lowest BCUT2D eigenvalue weighted by atomic mass is 10.1. The van der Waals surface area contributed by atoms with Crippen LogP contribution in [0.3, 0.4) is 0 Å². The second-order valence-electron chi connectivity index (χ2n) is 6.58. The lowest BCUT2D eigenvalue weighted by Crippen LogP contribution is -2.42. The van der Waals surface area contributed by atoms with Crippen LogP contribution in [0.25, 0.3) is 0 Å². The first kappa shape index (κ1) is 21.0. The minimum atomic E-state index is -4.50. The lowest BCUT2D eigenvalue weighted by Gasteiger charge is -2.21. The molecule has 2 N–H and O–H groups in total. The number of halogens is 3. The molecule has 1 atom stereocenters. The molecule has 5 nitrogen and oxygen atoms in total. The van der Waals surface area contributed by atoms with Crippen molar-refractivity contribution in [2.24, 2.45) is 0 Å². The zero-order chi connectivity index (χ0) is 19.3. The Morgan fingerprint density at radius 2 is 1.88 bits per heavy atom. The van der Waals surface area contributed by atoms with Crippen LogP contribution >= 0.6 is 0 Å². The number of alkyl halides is 3. The average Bonchev–Trinajstić information content (AvgIpc) is 2.44. The molecule has 0 aliphatic heterocycles. The van der Waals surface area contributed by atoms with Gasteiger partial charge in [0.15, 0.2) is 0 Å². The number of rotatable bonds is 7. The lowest BCUT2D eigenvalue weighted by molar-refractivity contribution is -0.142. The summed E-state index contributed by atoms with van der Waals surface area (Å²) in [5.74, 6) is -1.89. The number of carbonyl (C=O) groups excluding carboxylic acids is 1. The van der Waals surface area contributed by atoms with Crippen molar-refractivity contribution in [2.75, 3.05) is 6.61 Å². The zero-order valence-corrected chi connectivity index (χ0v) is 14.3.